The SMILES string of the molecule is O=C([C@H](Cc1ccccc1)N1C(=O)c2ccccc2C1=O)N1CCN(c2ccccn2)CC1. The van der Waals surface area contributed by atoms with Gasteiger partial charge < -0.3 is 9.80 Å². The van der Waals surface area contributed by atoms with Crippen LogP contribution in [0.4, 0.5) is 5.82 Å². The molecule has 7 nitrogen and oxygen atoms in total. The zero-order valence-corrected chi connectivity index (χ0v) is 18.1. The summed E-state index contributed by atoms with van der Waals surface area (Å²) in [6.45, 7) is 2.29. The zero-order chi connectivity index (χ0) is 22.8. The monoisotopic (exact) mass is 440 g/mol. The van der Waals surface area contributed by atoms with Crippen molar-refractivity contribution in [3.63, 3.8) is 0 Å². The van der Waals surface area contributed by atoms with E-state index in [1.807, 2.05) is 48.5 Å². The minimum atomic E-state index is -0.888. The fourth-order valence-electron chi connectivity index (χ4n) is 4.52. The van der Waals surface area contributed by atoms with Gasteiger partial charge in [-0.1, -0.05) is 48.5 Å². The minimum Gasteiger partial charge on any atom is -0.353 e. The summed E-state index contributed by atoms with van der Waals surface area (Å²) in [6, 6.07) is 21.2. The third kappa shape index (κ3) is 3.98. The highest BCUT2D eigenvalue weighted by atomic mass is 16.2. The number of rotatable bonds is 5. The molecule has 0 radical (unpaired) electrons. The van der Waals surface area contributed by atoms with Gasteiger partial charge in [-0.05, 0) is 29.8 Å². The van der Waals surface area contributed by atoms with Gasteiger partial charge in [0.25, 0.3) is 11.8 Å². The molecule has 1 fully saturated rings. The number of pyridine rings is 1. The molecule has 5 rings (SSSR count). The molecule has 166 valence electrons. The van der Waals surface area contributed by atoms with Crippen molar-refractivity contribution in [1.29, 1.82) is 0 Å². The number of imide groups is 1. The molecule has 1 atom stereocenters. The summed E-state index contributed by atoms with van der Waals surface area (Å²) in [5.74, 6) is -0.131. The van der Waals surface area contributed by atoms with Crippen LogP contribution < -0.4 is 4.90 Å². The van der Waals surface area contributed by atoms with E-state index in [0.717, 1.165) is 16.3 Å². The minimum absolute atomic E-state index is 0.200. The van der Waals surface area contributed by atoms with E-state index in [0.29, 0.717) is 37.3 Å². The molecule has 3 aromatic rings. The highest BCUT2D eigenvalue weighted by Crippen LogP contribution is 2.27. The number of hydrogen-bond acceptors (Lipinski definition) is 5. The van der Waals surface area contributed by atoms with Gasteiger partial charge >= 0.3 is 0 Å². The van der Waals surface area contributed by atoms with Crippen molar-refractivity contribution in [2.75, 3.05) is 31.1 Å². The van der Waals surface area contributed by atoms with Crippen molar-refractivity contribution < 1.29 is 14.4 Å². The first kappa shape index (κ1) is 20.9. The van der Waals surface area contributed by atoms with Gasteiger partial charge in [0, 0.05) is 38.8 Å². The Hall–Kier alpha value is -4.00. The van der Waals surface area contributed by atoms with Gasteiger partial charge in [-0.15, -0.1) is 0 Å². The molecule has 2 aliphatic heterocycles. The molecule has 0 bridgehead atoms. The highest BCUT2D eigenvalue weighted by molar-refractivity contribution is 6.22. The molecule has 2 aromatic carbocycles. The number of piperazine rings is 1. The number of carbonyl (C=O) groups is 3. The van der Waals surface area contributed by atoms with Crippen LogP contribution in [0.15, 0.2) is 79.0 Å². The first-order valence-electron chi connectivity index (χ1n) is 11.1. The second kappa shape index (κ2) is 8.86. The first-order valence-corrected chi connectivity index (χ1v) is 11.1. The molecule has 1 saturated heterocycles. The van der Waals surface area contributed by atoms with Crippen molar-refractivity contribution in [3.05, 3.63) is 95.7 Å². The zero-order valence-electron chi connectivity index (χ0n) is 18.1. The van der Waals surface area contributed by atoms with Crippen molar-refractivity contribution >= 4 is 23.5 Å². The second-order valence-electron chi connectivity index (χ2n) is 8.23. The standard InChI is InChI=1S/C26H24N4O3/c31-24-20-10-4-5-11-21(20)25(32)30(24)22(18-19-8-2-1-3-9-19)26(33)29-16-14-28(15-17-29)23-12-6-7-13-27-23/h1-13,22H,14-18H2/t22-/m0/s1. The Balaban J connectivity index is 1.39. The Morgan fingerprint density at radius 2 is 1.39 bits per heavy atom. The molecular weight excluding hydrogens is 416 g/mol. The summed E-state index contributed by atoms with van der Waals surface area (Å²) in [5, 5.41) is 0. The molecule has 3 amide bonds. The van der Waals surface area contributed by atoms with E-state index in [9.17, 15) is 14.4 Å². The maximum Gasteiger partial charge on any atom is 0.262 e. The molecule has 1 aromatic heterocycles. The van der Waals surface area contributed by atoms with Crippen molar-refractivity contribution in [2.45, 2.75) is 12.5 Å². The lowest BCUT2D eigenvalue weighted by Gasteiger charge is -2.38. The van der Waals surface area contributed by atoms with Gasteiger partial charge in [0.05, 0.1) is 11.1 Å². The van der Waals surface area contributed by atoms with Gasteiger partial charge in [0.2, 0.25) is 5.91 Å². The van der Waals surface area contributed by atoms with E-state index in [4.69, 9.17) is 0 Å². The van der Waals surface area contributed by atoms with Gasteiger partial charge in [0.1, 0.15) is 11.9 Å². The molecule has 2 aliphatic rings. The van der Waals surface area contributed by atoms with Gasteiger partial charge in [0.15, 0.2) is 0 Å². The Morgan fingerprint density at radius 1 is 0.788 bits per heavy atom. The van der Waals surface area contributed by atoms with Crippen LogP contribution in [0.2, 0.25) is 0 Å². The Bertz CT molecular complexity index is 1140. The summed E-state index contributed by atoms with van der Waals surface area (Å²) in [4.78, 5) is 49.5. The lowest BCUT2D eigenvalue weighted by atomic mass is 10.0. The van der Waals surface area contributed by atoms with Gasteiger partial charge in [-0.2, -0.15) is 0 Å². The molecule has 0 N–H and O–H groups in total. The molecule has 33 heavy (non-hydrogen) atoms. The molecule has 0 unspecified atom stereocenters. The largest absolute Gasteiger partial charge is 0.353 e. The van der Waals surface area contributed by atoms with E-state index >= 15 is 0 Å². The van der Waals surface area contributed by atoms with E-state index in [2.05, 4.69) is 9.88 Å². The molecule has 0 spiro atoms. The molecule has 7 heteroatoms. The number of amides is 3. The number of hydrogen-bond donors (Lipinski definition) is 0. The van der Waals surface area contributed by atoms with E-state index < -0.39 is 17.9 Å². The first-order chi connectivity index (χ1) is 16.1. The smallest absolute Gasteiger partial charge is 0.262 e. The maximum atomic E-state index is 13.7. The van der Waals surface area contributed by atoms with Gasteiger partial charge in [-0.25, -0.2) is 4.98 Å². The number of fused-ring (bicyclic) bond motifs is 1. The Kier molecular flexibility index (Phi) is 5.60. The number of nitrogens with zero attached hydrogens (tertiary/aromatic N) is 4. The summed E-state index contributed by atoms with van der Waals surface area (Å²) in [5.41, 5.74) is 1.61. The fraction of sp³-hybridized carbons (Fsp3) is 0.231. The van der Waals surface area contributed by atoms with Crippen LogP contribution >= 0.6 is 0 Å². The lowest BCUT2D eigenvalue weighted by Crippen LogP contribution is -2.56. The van der Waals surface area contributed by atoms with E-state index in [-0.39, 0.29) is 12.3 Å². The summed E-state index contributed by atoms with van der Waals surface area (Å²) < 4.78 is 0. The third-order valence-electron chi connectivity index (χ3n) is 6.26. The van der Waals surface area contributed by atoms with Crippen LogP contribution in [-0.2, 0) is 11.2 Å². The Labute approximate surface area is 192 Å². The summed E-state index contributed by atoms with van der Waals surface area (Å²) >= 11 is 0. The number of carbonyl (C=O) groups excluding carboxylic acids is 3. The summed E-state index contributed by atoms with van der Waals surface area (Å²) in [7, 11) is 0. The fourth-order valence-corrected chi connectivity index (χ4v) is 4.52. The molecule has 0 saturated carbocycles. The number of benzene rings is 2. The van der Waals surface area contributed by atoms with E-state index in [1.54, 1.807) is 35.4 Å². The van der Waals surface area contributed by atoms with Crippen LogP contribution in [0.25, 0.3) is 0 Å². The molecular formula is C26H24N4O3. The average molecular weight is 441 g/mol. The average Bonchev–Trinajstić information content (AvgIpc) is 3.13. The maximum absolute atomic E-state index is 13.7. The topological polar surface area (TPSA) is 73.8 Å². The predicted molar refractivity (Wildman–Crippen MR) is 124 cm³/mol. The third-order valence-corrected chi connectivity index (χ3v) is 6.26. The quantitative estimate of drug-likeness (QED) is 0.571. The normalized spacial score (nSPS) is 16.7. The second-order valence-corrected chi connectivity index (χ2v) is 8.23. The highest BCUT2D eigenvalue weighted by Gasteiger charge is 2.44. The number of anilines is 1. The lowest BCUT2D eigenvalue weighted by molar-refractivity contribution is -0.135. The van der Waals surface area contributed by atoms with Crippen LogP contribution in [0, 0.1) is 0 Å². The molecule has 3 heterocycles. The van der Waals surface area contributed by atoms with Gasteiger partial charge in [-0.3, -0.25) is 19.3 Å². The van der Waals surface area contributed by atoms with E-state index in [1.165, 1.54) is 0 Å². The van der Waals surface area contributed by atoms with Crippen LogP contribution in [-0.4, -0.2) is 64.7 Å². The van der Waals surface area contributed by atoms with Crippen molar-refractivity contribution in [3.8, 4) is 0 Å². The van der Waals surface area contributed by atoms with Crippen molar-refractivity contribution in [2.24, 2.45) is 0 Å². The molecule has 0 aliphatic carbocycles. The predicted octanol–water partition coefficient (Wildman–Crippen LogP) is 2.64. The van der Waals surface area contributed by atoms with Crippen molar-refractivity contribution in [1.82, 2.24) is 14.8 Å². The van der Waals surface area contributed by atoms with Crippen LogP contribution in [0.3, 0.4) is 0 Å². The van der Waals surface area contributed by atoms with Crippen LogP contribution in [0.5, 0.6) is 0 Å². The summed E-state index contributed by atoms with van der Waals surface area (Å²) in [6.07, 6.45) is 2.04. The number of aromatic nitrogens is 1. The Morgan fingerprint density at radius 3 is 2.00 bits per heavy atom. The van der Waals surface area contributed by atoms with Crippen LogP contribution in [0.1, 0.15) is 26.3 Å².